The first-order valence-corrected chi connectivity index (χ1v) is 10.6. The van der Waals surface area contributed by atoms with Crippen molar-refractivity contribution < 1.29 is 23.9 Å². The smallest absolute Gasteiger partial charge is 0.344 e. The average molecular weight is 474 g/mol. The van der Waals surface area contributed by atoms with Gasteiger partial charge in [-0.25, -0.2) is 4.79 Å². The van der Waals surface area contributed by atoms with E-state index in [0.29, 0.717) is 29.2 Å². The van der Waals surface area contributed by atoms with E-state index >= 15 is 0 Å². The highest BCUT2D eigenvalue weighted by molar-refractivity contribution is 9.10. The summed E-state index contributed by atoms with van der Waals surface area (Å²) in [6.45, 7) is 6.36. The fourth-order valence-electron chi connectivity index (χ4n) is 3.44. The van der Waals surface area contributed by atoms with Gasteiger partial charge < -0.3 is 9.47 Å². The number of esters is 1. The van der Waals surface area contributed by atoms with Gasteiger partial charge in [0.1, 0.15) is 5.75 Å². The lowest BCUT2D eigenvalue weighted by Gasteiger charge is -2.14. The highest BCUT2D eigenvalue weighted by atomic mass is 79.9. The highest BCUT2D eigenvalue weighted by Gasteiger charge is 2.35. The Morgan fingerprint density at radius 2 is 1.80 bits per heavy atom. The van der Waals surface area contributed by atoms with Gasteiger partial charge in [0, 0.05) is 11.0 Å². The topological polar surface area (TPSA) is 72.9 Å². The molecule has 0 fully saturated rings. The number of carbonyl (C=O) groups is 3. The number of fused-ring (bicyclic) bond motifs is 1. The number of imide groups is 1. The molecule has 0 saturated heterocycles. The van der Waals surface area contributed by atoms with Gasteiger partial charge in [-0.15, -0.1) is 0 Å². The molecule has 0 radical (unpaired) electrons. The maximum atomic E-state index is 12.4. The van der Waals surface area contributed by atoms with Crippen LogP contribution in [-0.4, -0.2) is 42.4 Å². The second-order valence-corrected chi connectivity index (χ2v) is 8.40. The molecular formula is C23H24BrNO5. The first-order chi connectivity index (χ1) is 14.3. The van der Waals surface area contributed by atoms with Gasteiger partial charge in [-0.1, -0.05) is 35.8 Å². The summed E-state index contributed by atoms with van der Waals surface area (Å²) in [6, 6.07) is 10.8. The van der Waals surface area contributed by atoms with Crippen molar-refractivity contribution >= 4 is 33.7 Å². The second kappa shape index (κ2) is 9.43. The predicted octanol–water partition coefficient (Wildman–Crippen LogP) is 4.49. The molecule has 30 heavy (non-hydrogen) atoms. The van der Waals surface area contributed by atoms with Gasteiger partial charge in [0.05, 0.1) is 17.7 Å². The zero-order valence-electron chi connectivity index (χ0n) is 17.2. The van der Waals surface area contributed by atoms with Crippen molar-refractivity contribution in [2.45, 2.75) is 33.1 Å². The molecule has 0 N–H and O–H groups in total. The minimum absolute atomic E-state index is 0.102. The summed E-state index contributed by atoms with van der Waals surface area (Å²) in [5.74, 6) is -0.103. The number of halogens is 1. The molecule has 0 spiro atoms. The SMILES string of the molecule is Cc1cc(OCC(=O)OCCCN2C(=O)c3ccc(Br)cc3C2=O)ccc1C(C)C. The molecule has 0 bridgehead atoms. The molecule has 2 aromatic rings. The summed E-state index contributed by atoms with van der Waals surface area (Å²) in [5, 5.41) is 0. The fourth-order valence-corrected chi connectivity index (χ4v) is 3.81. The molecule has 7 heteroatoms. The lowest BCUT2D eigenvalue weighted by atomic mass is 9.98. The number of amides is 2. The van der Waals surface area contributed by atoms with E-state index in [1.165, 1.54) is 10.5 Å². The van der Waals surface area contributed by atoms with Gasteiger partial charge in [-0.2, -0.15) is 0 Å². The predicted molar refractivity (Wildman–Crippen MR) is 116 cm³/mol. The van der Waals surface area contributed by atoms with Crippen molar-refractivity contribution in [3.8, 4) is 5.75 Å². The molecular weight excluding hydrogens is 450 g/mol. The first-order valence-electron chi connectivity index (χ1n) is 9.82. The Morgan fingerprint density at radius 3 is 2.50 bits per heavy atom. The molecule has 1 aliphatic heterocycles. The minimum atomic E-state index is -0.494. The molecule has 0 aliphatic carbocycles. The van der Waals surface area contributed by atoms with Crippen molar-refractivity contribution in [1.29, 1.82) is 0 Å². The van der Waals surface area contributed by atoms with E-state index in [1.54, 1.807) is 18.2 Å². The van der Waals surface area contributed by atoms with Crippen molar-refractivity contribution in [2.24, 2.45) is 0 Å². The first kappa shape index (κ1) is 22.0. The molecule has 158 valence electrons. The Balaban J connectivity index is 1.42. The van der Waals surface area contributed by atoms with Crippen LogP contribution in [0.4, 0.5) is 0 Å². The second-order valence-electron chi connectivity index (χ2n) is 7.49. The van der Waals surface area contributed by atoms with Crippen LogP contribution in [0.25, 0.3) is 0 Å². The Morgan fingerprint density at radius 1 is 1.07 bits per heavy atom. The molecule has 1 heterocycles. The zero-order valence-corrected chi connectivity index (χ0v) is 18.8. The number of aryl methyl sites for hydroxylation is 1. The lowest BCUT2D eigenvalue weighted by molar-refractivity contribution is -0.146. The molecule has 0 aromatic heterocycles. The highest BCUT2D eigenvalue weighted by Crippen LogP contribution is 2.26. The molecule has 2 aromatic carbocycles. The molecule has 0 unspecified atom stereocenters. The number of hydrogen-bond acceptors (Lipinski definition) is 5. The number of nitrogens with zero attached hydrogens (tertiary/aromatic N) is 1. The summed E-state index contributed by atoms with van der Waals surface area (Å²) in [5.41, 5.74) is 3.14. The van der Waals surface area contributed by atoms with Crippen molar-refractivity contribution in [1.82, 2.24) is 4.90 Å². The van der Waals surface area contributed by atoms with E-state index in [0.717, 1.165) is 10.0 Å². The number of benzene rings is 2. The van der Waals surface area contributed by atoms with Crippen LogP contribution in [0.3, 0.4) is 0 Å². The fraction of sp³-hybridized carbons (Fsp3) is 0.348. The molecule has 6 nitrogen and oxygen atoms in total. The molecule has 0 atom stereocenters. The molecule has 2 amide bonds. The monoisotopic (exact) mass is 473 g/mol. The molecule has 0 saturated carbocycles. The van der Waals surface area contributed by atoms with Crippen molar-refractivity contribution in [2.75, 3.05) is 19.8 Å². The van der Waals surface area contributed by atoms with Crippen LogP contribution < -0.4 is 4.74 Å². The van der Waals surface area contributed by atoms with E-state index in [9.17, 15) is 14.4 Å². The van der Waals surface area contributed by atoms with Gasteiger partial charge in [0.2, 0.25) is 0 Å². The summed E-state index contributed by atoms with van der Waals surface area (Å²) < 4.78 is 11.4. The third-order valence-corrected chi connectivity index (χ3v) is 5.44. The van der Waals surface area contributed by atoms with Crippen LogP contribution in [0.1, 0.15) is 58.0 Å². The standard InChI is InChI=1S/C23H24BrNO5/c1-14(2)18-8-6-17(11-15(18)3)30-13-21(26)29-10-4-9-25-22(27)19-7-5-16(24)12-20(19)23(25)28/h5-8,11-12,14H,4,9-10,13H2,1-3H3. The van der Waals surface area contributed by atoms with Crippen LogP contribution in [0, 0.1) is 6.92 Å². The summed E-state index contributed by atoms with van der Waals surface area (Å²) in [4.78, 5) is 37.9. The number of rotatable bonds is 8. The van der Waals surface area contributed by atoms with Crippen LogP contribution in [0.5, 0.6) is 5.75 Å². The molecule has 3 rings (SSSR count). The van der Waals surface area contributed by atoms with E-state index < -0.39 is 5.97 Å². The summed E-state index contributed by atoms with van der Waals surface area (Å²) in [7, 11) is 0. The minimum Gasteiger partial charge on any atom is -0.482 e. The van der Waals surface area contributed by atoms with Gasteiger partial charge in [0.15, 0.2) is 6.61 Å². The van der Waals surface area contributed by atoms with Crippen LogP contribution in [-0.2, 0) is 9.53 Å². The van der Waals surface area contributed by atoms with E-state index in [1.807, 2.05) is 25.1 Å². The van der Waals surface area contributed by atoms with E-state index in [4.69, 9.17) is 9.47 Å². The van der Waals surface area contributed by atoms with E-state index in [-0.39, 0.29) is 31.6 Å². The quantitative estimate of drug-likeness (QED) is 0.320. The lowest BCUT2D eigenvalue weighted by Crippen LogP contribution is -2.31. The van der Waals surface area contributed by atoms with E-state index in [2.05, 4.69) is 29.8 Å². The maximum Gasteiger partial charge on any atom is 0.344 e. The van der Waals surface area contributed by atoms with Crippen LogP contribution >= 0.6 is 15.9 Å². The molecule has 1 aliphatic rings. The number of ether oxygens (including phenoxy) is 2. The largest absolute Gasteiger partial charge is 0.482 e. The zero-order chi connectivity index (χ0) is 21.8. The Bertz CT molecular complexity index is 986. The van der Waals surface area contributed by atoms with Gasteiger partial charge in [0.25, 0.3) is 11.8 Å². The Hall–Kier alpha value is -2.67. The number of hydrogen-bond donors (Lipinski definition) is 0. The van der Waals surface area contributed by atoms with Gasteiger partial charge in [-0.05, 0) is 60.7 Å². The van der Waals surface area contributed by atoms with Crippen LogP contribution in [0.2, 0.25) is 0 Å². The maximum absolute atomic E-state index is 12.4. The van der Waals surface area contributed by atoms with Gasteiger partial charge in [-0.3, -0.25) is 14.5 Å². The summed E-state index contributed by atoms with van der Waals surface area (Å²) >= 11 is 3.31. The van der Waals surface area contributed by atoms with Crippen LogP contribution in [0.15, 0.2) is 40.9 Å². The average Bonchev–Trinajstić information content (AvgIpc) is 2.93. The van der Waals surface area contributed by atoms with Crippen molar-refractivity contribution in [3.05, 3.63) is 63.1 Å². The summed E-state index contributed by atoms with van der Waals surface area (Å²) in [6.07, 6.45) is 0.362. The Kier molecular flexibility index (Phi) is 6.92. The number of carbonyl (C=O) groups excluding carboxylic acids is 3. The Labute approximate surface area is 184 Å². The van der Waals surface area contributed by atoms with Gasteiger partial charge >= 0.3 is 5.97 Å². The third-order valence-electron chi connectivity index (χ3n) is 4.94. The normalized spacial score (nSPS) is 13.0. The third kappa shape index (κ3) is 4.90. The van der Waals surface area contributed by atoms with Crippen molar-refractivity contribution in [3.63, 3.8) is 0 Å².